The SMILES string of the molecule is CCOC(=O)NC(=O)CN(CC)C(=O)CSc1nnc(-c2cc(C)cc(C)c2)o1. The van der Waals surface area contributed by atoms with Crippen molar-refractivity contribution in [1.82, 2.24) is 20.4 Å². The molecule has 1 heterocycles. The van der Waals surface area contributed by atoms with E-state index in [1.54, 1.807) is 13.8 Å². The molecule has 0 bridgehead atoms. The third kappa shape index (κ3) is 6.90. The number of imide groups is 1. The summed E-state index contributed by atoms with van der Waals surface area (Å²) in [5.41, 5.74) is 2.99. The fourth-order valence-corrected chi connectivity index (χ4v) is 3.23. The van der Waals surface area contributed by atoms with Crippen LogP contribution in [0.15, 0.2) is 27.8 Å². The molecule has 0 aliphatic rings. The van der Waals surface area contributed by atoms with Crippen LogP contribution >= 0.6 is 11.8 Å². The Kier molecular flexibility index (Phi) is 8.20. The van der Waals surface area contributed by atoms with Crippen LogP contribution < -0.4 is 5.32 Å². The van der Waals surface area contributed by atoms with Gasteiger partial charge in [0.25, 0.3) is 5.22 Å². The lowest BCUT2D eigenvalue weighted by Crippen LogP contribution is -2.43. The molecule has 0 fully saturated rings. The molecule has 1 aromatic carbocycles. The van der Waals surface area contributed by atoms with Gasteiger partial charge in [0.05, 0.1) is 12.4 Å². The first-order chi connectivity index (χ1) is 13.8. The Morgan fingerprint density at radius 2 is 1.83 bits per heavy atom. The van der Waals surface area contributed by atoms with Crippen molar-refractivity contribution in [3.63, 3.8) is 0 Å². The Bertz CT molecular complexity index is 863. The van der Waals surface area contributed by atoms with Crippen LogP contribution in [0.2, 0.25) is 0 Å². The topological polar surface area (TPSA) is 115 Å². The number of alkyl carbamates (subject to hydrolysis) is 1. The summed E-state index contributed by atoms with van der Waals surface area (Å²) in [6.45, 7) is 7.56. The van der Waals surface area contributed by atoms with Gasteiger partial charge in [-0.3, -0.25) is 14.9 Å². The average Bonchev–Trinajstić information content (AvgIpc) is 3.12. The van der Waals surface area contributed by atoms with Gasteiger partial charge in [0, 0.05) is 12.1 Å². The van der Waals surface area contributed by atoms with Gasteiger partial charge >= 0.3 is 6.09 Å². The number of ether oxygens (including phenoxy) is 1. The number of likely N-dealkylation sites (N-methyl/N-ethyl adjacent to an activating group) is 1. The Morgan fingerprint density at radius 1 is 1.14 bits per heavy atom. The second-order valence-electron chi connectivity index (χ2n) is 6.21. The largest absolute Gasteiger partial charge is 0.450 e. The molecular formula is C19H24N4O5S. The maximum Gasteiger partial charge on any atom is 0.413 e. The highest BCUT2D eigenvalue weighted by Gasteiger charge is 2.19. The van der Waals surface area contributed by atoms with Crippen molar-refractivity contribution in [3.05, 3.63) is 29.3 Å². The van der Waals surface area contributed by atoms with Crippen LogP contribution in [0.3, 0.4) is 0 Å². The number of amides is 3. The predicted molar refractivity (Wildman–Crippen MR) is 107 cm³/mol. The lowest BCUT2D eigenvalue weighted by molar-refractivity contribution is -0.133. The minimum absolute atomic E-state index is 0.0228. The van der Waals surface area contributed by atoms with Crippen molar-refractivity contribution in [1.29, 1.82) is 0 Å². The molecule has 0 spiro atoms. The summed E-state index contributed by atoms with van der Waals surface area (Å²) >= 11 is 1.09. The molecule has 1 aromatic heterocycles. The summed E-state index contributed by atoms with van der Waals surface area (Å²) in [5.74, 6) is -0.497. The van der Waals surface area contributed by atoms with Gasteiger partial charge in [-0.25, -0.2) is 4.79 Å². The first-order valence-electron chi connectivity index (χ1n) is 9.11. The van der Waals surface area contributed by atoms with Crippen molar-refractivity contribution in [3.8, 4) is 11.5 Å². The van der Waals surface area contributed by atoms with E-state index in [-0.39, 0.29) is 30.0 Å². The number of nitrogens with zero attached hydrogens (tertiary/aromatic N) is 3. The first kappa shape index (κ1) is 22.4. The zero-order valence-electron chi connectivity index (χ0n) is 16.9. The second kappa shape index (κ2) is 10.6. The van der Waals surface area contributed by atoms with E-state index < -0.39 is 12.0 Å². The Labute approximate surface area is 173 Å². The maximum absolute atomic E-state index is 12.4. The molecule has 0 radical (unpaired) electrons. The highest BCUT2D eigenvalue weighted by Crippen LogP contribution is 2.25. The van der Waals surface area contributed by atoms with Gasteiger partial charge in [-0.15, -0.1) is 10.2 Å². The molecule has 2 aromatic rings. The number of aryl methyl sites for hydroxylation is 2. The van der Waals surface area contributed by atoms with E-state index in [1.165, 1.54) is 4.90 Å². The van der Waals surface area contributed by atoms with Crippen molar-refractivity contribution in [2.24, 2.45) is 0 Å². The van der Waals surface area contributed by atoms with Crippen LogP contribution in [0.1, 0.15) is 25.0 Å². The molecule has 0 saturated heterocycles. The van der Waals surface area contributed by atoms with Gasteiger partial charge in [-0.05, 0) is 39.8 Å². The summed E-state index contributed by atoms with van der Waals surface area (Å²) in [5, 5.41) is 10.3. The second-order valence-corrected chi connectivity index (χ2v) is 7.14. The van der Waals surface area contributed by atoms with E-state index in [1.807, 2.05) is 32.0 Å². The van der Waals surface area contributed by atoms with E-state index in [4.69, 9.17) is 4.42 Å². The van der Waals surface area contributed by atoms with Crippen LogP contribution in [0.25, 0.3) is 11.5 Å². The van der Waals surface area contributed by atoms with E-state index in [2.05, 4.69) is 20.3 Å². The molecule has 2 rings (SSSR count). The highest BCUT2D eigenvalue weighted by molar-refractivity contribution is 7.99. The first-order valence-corrected chi connectivity index (χ1v) is 10.1. The van der Waals surface area contributed by atoms with E-state index in [9.17, 15) is 14.4 Å². The van der Waals surface area contributed by atoms with Gasteiger partial charge in [0.2, 0.25) is 17.7 Å². The Morgan fingerprint density at radius 3 is 2.45 bits per heavy atom. The third-order valence-corrected chi connectivity index (χ3v) is 4.58. The minimum atomic E-state index is -0.833. The highest BCUT2D eigenvalue weighted by atomic mass is 32.2. The van der Waals surface area contributed by atoms with Gasteiger partial charge in [0.1, 0.15) is 6.54 Å². The standard InChI is InChI=1S/C19H24N4O5S/c1-5-23(10-15(24)20-18(26)27-6-2)16(25)11-29-19-22-21-17(28-19)14-8-12(3)7-13(4)9-14/h7-9H,5-6,10-11H2,1-4H3,(H,20,24,26). The van der Waals surface area contributed by atoms with Gasteiger partial charge in [0.15, 0.2) is 0 Å². The van der Waals surface area contributed by atoms with Crippen molar-refractivity contribution in [2.75, 3.05) is 25.4 Å². The fraction of sp³-hybridized carbons (Fsp3) is 0.421. The average molecular weight is 420 g/mol. The van der Waals surface area contributed by atoms with Crippen LogP contribution in [-0.2, 0) is 14.3 Å². The van der Waals surface area contributed by atoms with Crippen molar-refractivity contribution >= 4 is 29.7 Å². The maximum atomic E-state index is 12.4. The number of thioether (sulfide) groups is 1. The van der Waals surface area contributed by atoms with E-state index in [0.717, 1.165) is 28.5 Å². The molecular weight excluding hydrogens is 396 g/mol. The monoisotopic (exact) mass is 420 g/mol. The van der Waals surface area contributed by atoms with Crippen molar-refractivity contribution in [2.45, 2.75) is 32.9 Å². The smallest absolute Gasteiger partial charge is 0.413 e. The molecule has 0 aliphatic heterocycles. The summed E-state index contributed by atoms with van der Waals surface area (Å²) < 4.78 is 10.3. The summed E-state index contributed by atoms with van der Waals surface area (Å²) in [6.07, 6.45) is -0.833. The molecule has 0 atom stereocenters. The molecule has 0 unspecified atom stereocenters. The molecule has 10 heteroatoms. The quantitative estimate of drug-likeness (QED) is 0.648. The molecule has 3 amide bonds. The number of aromatic nitrogens is 2. The normalized spacial score (nSPS) is 10.5. The van der Waals surface area contributed by atoms with Crippen LogP contribution in [0, 0.1) is 13.8 Å². The summed E-state index contributed by atoms with van der Waals surface area (Å²) in [7, 11) is 0. The lowest BCUT2D eigenvalue weighted by atomic mass is 10.1. The number of rotatable bonds is 8. The Balaban J connectivity index is 1.91. The number of nitrogens with one attached hydrogen (secondary N) is 1. The molecule has 156 valence electrons. The van der Waals surface area contributed by atoms with Crippen molar-refractivity contribution < 1.29 is 23.5 Å². The number of carbonyl (C=O) groups is 3. The predicted octanol–water partition coefficient (Wildman–Crippen LogP) is 2.57. The molecule has 0 saturated carbocycles. The molecule has 1 N–H and O–H groups in total. The zero-order chi connectivity index (χ0) is 21.4. The number of hydrogen-bond donors (Lipinski definition) is 1. The van der Waals surface area contributed by atoms with Crippen LogP contribution in [0.4, 0.5) is 4.79 Å². The van der Waals surface area contributed by atoms with Crippen LogP contribution in [0.5, 0.6) is 0 Å². The van der Waals surface area contributed by atoms with Gasteiger partial charge in [-0.1, -0.05) is 29.0 Å². The zero-order valence-corrected chi connectivity index (χ0v) is 17.7. The van der Waals surface area contributed by atoms with E-state index in [0.29, 0.717) is 12.4 Å². The number of carbonyl (C=O) groups excluding carboxylic acids is 3. The van der Waals surface area contributed by atoms with Gasteiger partial charge in [-0.2, -0.15) is 0 Å². The van der Waals surface area contributed by atoms with Crippen LogP contribution in [-0.4, -0.2) is 58.5 Å². The lowest BCUT2D eigenvalue weighted by Gasteiger charge is -2.19. The minimum Gasteiger partial charge on any atom is -0.450 e. The van der Waals surface area contributed by atoms with Gasteiger partial charge < -0.3 is 14.1 Å². The molecule has 0 aliphatic carbocycles. The fourth-order valence-electron chi connectivity index (χ4n) is 2.57. The molecule has 9 nitrogen and oxygen atoms in total. The summed E-state index contributed by atoms with van der Waals surface area (Å²) in [4.78, 5) is 36.8. The summed E-state index contributed by atoms with van der Waals surface area (Å²) in [6, 6.07) is 5.94. The third-order valence-electron chi connectivity index (χ3n) is 3.78. The number of benzene rings is 1. The molecule has 29 heavy (non-hydrogen) atoms. The Hall–Kier alpha value is -2.88. The van der Waals surface area contributed by atoms with E-state index >= 15 is 0 Å². The number of hydrogen-bond acceptors (Lipinski definition) is 8.